The Morgan fingerprint density at radius 1 is 0.651 bits per heavy atom. The van der Waals surface area contributed by atoms with Gasteiger partial charge in [-0.2, -0.15) is 4.73 Å². The summed E-state index contributed by atoms with van der Waals surface area (Å²) >= 11 is 0. The van der Waals surface area contributed by atoms with Gasteiger partial charge in [0, 0.05) is 23.7 Å². The SMILES string of the molecule is CC(C)(C)[C@H]1CC[C@H](Oc2ccc3c(ccc[n+]3[O-])c2)CC1.CC(C)(C)[C@H]1CC[C@H](Oc2ccc3ncccc3c2)CC1. The highest BCUT2D eigenvalue weighted by Crippen LogP contribution is 2.40. The minimum absolute atomic E-state index is 0.305. The van der Waals surface area contributed by atoms with Gasteiger partial charge in [-0.1, -0.05) is 47.6 Å². The van der Waals surface area contributed by atoms with Crippen LogP contribution in [0.4, 0.5) is 0 Å². The van der Waals surface area contributed by atoms with Gasteiger partial charge in [-0.05, 0) is 116 Å². The molecule has 43 heavy (non-hydrogen) atoms. The van der Waals surface area contributed by atoms with Crippen LogP contribution in [-0.2, 0) is 0 Å². The fourth-order valence-corrected chi connectivity index (χ4v) is 6.85. The van der Waals surface area contributed by atoms with E-state index in [0.29, 0.717) is 28.6 Å². The maximum Gasteiger partial charge on any atom is 0.223 e. The lowest BCUT2D eigenvalue weighted by atomic mass is 9.72. The fourth-order valence-electron chi connectivity index (χ4n) is 6.85. The highest BCUT2D eigenvalue weighted by Gasteiger charge is 2.31. The van der Waals surface area contributed by atoms with Gasteiger partial charge in [0.15, 0.2) is 6.20 Å². The average molecular weight is 583 g/mol. The number of ether oxygens (including phenoxy) is 2. The molecule has 4 aromatic rings. The zero-order chi connectivity index (χ0) is 30.6. The van der Waals surface area contributed by atoms with Crippen molar-refractivity contribution < 1.29 is 14.2 Å². The maximum atomic E-state index is 11.7. The molecular weight excluding hydrogens is 532 g/mol. The molecule has 2 aliphatic rings. The fraction of sp³-hybridized carbons (Fsp3) is 0.526. The first-order valence-electron chi connectivity index (χ1n) is 16.3. The molecule has 0 unspecified atom stereocenters. The van der Waals surface area contributed by atoms with Crippen molar-refractivity contribution in [2.24, 2.45) is 22.7 Å². The zero-order valence-electron chi connectivity index (χ0n) is 27.0. The lowest BCUT2D eigenvalue weighted by Crippen LogP contribution is -2.30. The van der Waals surface area contributed by atoms with Crippen molar-refractivity contribution >= 4 is 21.8 Å². The predicted molar refractivity (Wildman–Crippen MR) is 176 cm³/mol. The molecule has 5 nitrogen and oxygen atoms in total. The van der Waals surface area contributed by atoms with Crippen molar-refractivity contribution in [3.05, 3.63) is 78.3 Å². The van der Waals surface area contributed by atoms with E-state index < -0.39 is 0 Å². The summed E-state index contributed by atoms with van der Waals surface area (Å²) in [4.78, 5) is 4.35. The van der Waals surface area contributed by atoms with Crippen LogP contribution < -0.4 is 14.2 Å². The highest BCUT2D eigenvalue weighted by atomic mass is 16.5. The summed E-state index contributed by atoms with van der Waals surface area (Å²) in [6.45, 7) is 14.1. The number of hydrogen-bond donors (Lipinski definition) is 0. The van der Waals surface area contributed by atoms with Gasteiger partial charge in [-0.25, -0.2) is 0 Å². The average Bonchev–Trinajstić information content (AvgIpc) is 2.97. The molecule has 5 heteroatoms. The molecule has 0 radical (unpaired) electrons. The molecule has 0 saturated heterocycles. The molecule has 2 aliphatic carbocycles. The molecule has 0 atom stereocenters. The van der Waals surface area contributed by atoms with E-state index in [2.05, 4.69) is 58.7 Å². The number of fused-ring (bicyclic) bond motifs is 2. The van der Waals surface area contributed by atoms with Crippen LogP contribution in [-0.4, -0.2) is 17.2 Å². The van der Waals surface area contributed by atoms with Gasteiger partial charge in [0.05, 0.1) is 23.1 Å². The van der Waals surface area contributed by atoms with Crippen molar-refractivity contribution in [2.45, 2.75) is 105 Å². The first-order chi connectivity index (χ1) is 20.5. The molecule has 0 bridgehead atoms. The van der Waals surface area contributed by atoms with Crippen molar-refractivity contribution in [3.63, 3.8) is 0 Å². The van der Waals surface area contributed by atoms with Crippen LogP contribution in [0.2, 0.25) is 0 Å². The molecular formula is C38H50N2O3. The van der Waals surface area contributed by atoms with E-state index in [1.165, 1.54) is 44.7 Å². The van der Waals surface area contributed by atoms with Gasteiger partial charge >= 0.3 is 0 Å². The molecule has 0 spiro atoms. The first kappa shape index (κ1) is 31.1. The number of nitrogens with zero attached hydrogens (tertiary/aromatic N) is 2. The number of benzene rings is 2. The summed E-state index contributed by atoms with van der Waals surface area (Å²) in [6, 6.07) is 19.7. The summed E-state index contributed by atoms with van der Waals surface area (Å²) in [5.41, 5.74) is 2.54. The molecule has 0 N–H and O–H groups in total. The van der Waals surface area contributed by atoms with Crippen molar-refractivity contribution in [1.29, 1.82) is 0 Å². The summed E-state index contributed by atoms with van der Waals surface area (Å²) in [5.74, 6) is 3.48. The van der Waals surface area contributed by atoms with E-state index in [1.54, 1.807) is 6.07 Å². The number of rotatable bonds is 4. The van der Waals surface area contributed by atoms with Gasteiger partial charge in [-0.3, -0.25) is 4.98 Å². The molecule has 2 aromatic heterocycles. The Kier molecular flexibility index (Phi) is 9.48. The Hall–Kier alpha value is -3.34. The van der Waals surface area contributed by atoms with Crippen molar-refractivity contribution in [3.8, 4) is 11.5 Å². The lowest BCUT2D eigenvalue weighted by molar-refractivity contribution is -0.577. The van der Waals surface area contributed by atoms with E-state index in [-0.39, 0.29) is 0 Å². The quantitative estimate of drug-likeness (QED) is 0.178. The van der Waals surface area contributed by atoms with Gasteiger partial charge in [0.1, 0.15) is 11.5 Å². The number of aromatic nitrogens is 2. The van der Waals surface area contributed by atoms with E-state index in [9.17, 15) is 5.21 Å². The Labute approximate surface area is 258 Å². The Balaban J connectivity index is 0.000000171. The van der Waals surface area contributed by atoms with Crippen LogP contribution in [0.5, 0.6) is 11.5 Å². The first-order valence-corrected chi connectivity index (χ1v) is 16.3. The Bertz CT molecular complexity index is 1490. The molecule has 230 valence electrons. The van der Waals surface area contributed by atoms with E-state index >= 15 is 0 Å². The summed E-state index contributed by atoms with van der Waals surface area (Å²) in [6.07, 6.45) is 13.7. The lowest BCUT2D eigenvalue weighted by Gasteiger charge is -2.36. The van der Waals surface area contributed by atoms with Gasteiger partial charge < -0.3 is 14.7 Å². The minimum atomic E-state index is 0.305. The van der Waals surface area contributed by atoms with E-state index in [0.717, 1.165) is 57.2 Å². The second-order valence-electron chi connectivity index (χ2n) is 14.8. The topological polar surface area (TPSA) is 58.3 Å². The normalized spacial score (nSPS) is 22.9. The van der Waals surface area contributed by atoms with E-state index in [1.807, 2.05) is 48.7 Å². The number of hydrogen-bond acceptors (Lipinski definition) is 4. The molecule has 2 saturated carbocycles. The number of pyridine rings is 2. The molecule has 2 aromatic carbocycles. The molecule has 0 amide bonds. The summed E-state index contributed by atoms with van der Waals surface area (Å²) in [7, 11) is 0. The Morgan fingerprint density at radius 2 is 1.16 bits per heavy atom. The monoisotopic (exact) mass is 582 g/mol. The summed E-state index contributed by atoms with van der Waals surface area (Å²) in [5, 5.41) is 13.8. The van der Waals surface area contributed by atoms with Crippen LogP contribution in [0.1, 0.15) is 92.9 Å². The highest BCUT2D eigenvalue weighted by molar-refractivity contribution is 5.79. The second kappa shape index (κ2) is 13.1. The van der Waals surface area contributed by atoms with E-state index in [4.69, 9.17) is 9.47 Å². The van der Waals surface area contributed by atoms with Gasteiger partial charge in [0.2, 0.25) is 5.52 Å². The smallest absolute Gasteiger partial charge is 0.223 e. The molecule has 2 fully saturated rings. The summed E-state index contributed by atoms with van der Waals surface area (Å²) < 4.78 is 13.2. The Morgan fingerprint density at radius 3 is 1.72 bits per heavy atom. The third-order valence-corrected chi connectivity index (χ3v) is 9.71. The van der Waals surface area contributed by atoms with Crippen LogP contribution in [0.15, 0.2) is 73.1 Å². The zero-order valence-corrected chi connectivity index (χ0v) is 27.0. The van der Waals surface area contributed by atoms with Crippen LogP contribution in [0.3, 0.4) is 0 Å². The molecule has 2 heterocycles. The third-order valence-electron chi connectivity index (χ3n) is 9.71. The third kappa shape index (κ3) is 8.19. The second-order valence-corrected chi connectivity index (χ2v) is 14.8. The van der Waals surface area contributed by atoms with Gasteiger partial charge in [0.25, 0.3) is 0 Å². The van der Waals surface area contributed by atoms with Crippen LogP contribution in [0.25, 0.3) is 21.8 Å². The predicted octanol–water partition coefficient (Wildman–Crippen LogP) is 9.68. The maximum absolute atomic E-state index is 11.7. The van der Waals surface area contributed by atoms with Crippen LogP contribution >= 0.6 is 0 Å². The molecule has 0 aliphatic heterocycles. The van der Waals surface area contributed by atoms with Crippen molar-refractivity contribution in [1.82, 2.24) is 4.98 Å². The van der Waals surface area contributed by atoms with Crippen LogP contribution in [0, 0.1) is 27.9 Å². The standard InChI is InChI=1S/C19H25NO2.C19H25NO/c1-19(2,3)15-6-8-16(9-7-15)22-17-10-11-18-14(13-17)5-4-12-20(18)21;1-19(2,3)15-6-8-16(9-7-15)21-17-10-11-18-14(13-17)5-4-12-20-18/h4-5,10-13,15-16H,6-9H2,1-3H3;4-5,10-13,15-16H,6-9H2,1-3H3/t2*15-,16-. The van der Waals surface area contributed by atoms with Crippen molar-refractivity contribution in [2.75, 3.05) is 0 Å². The van der Waals surface area contributed by atoms with Gasteiger partial charge in [-0.15, -0.1) is 0 Å². The largest absolute Gasteiger partial charge is 0.618 e. The minimum Gasteiger partial charge on any atom is -0.618 e. The molecule has 6 rings (SSSR count).